The van der Waals surface area contributed by atoms with Gasteiger partial charge in [0.05, 0.1) is 0 Å². The van der Waals surface area contributed by atoms with Crippen molar-refractivity contribution in [3.63, 3.8) is 0 Å². The minimum Gasteiger partial charge on any atom is -0.444 e. The molecule has 0 saturated carbocycles. The van der Waals surface area contributed by atoms with E-state index in [0.717, 1.165) is 24.8 Å². The van der Waals surface area contributed by atoms with Crippen molar-refractivity contribution in [1.29, 1.82) is 0 Å². The highest BCUT2D eigenvalue weighted by Crippen LogP contribution is 2.06. The first-order chi connectivity index (χ1) is 11.4. The van der Waals surface area contributed by atoms with Crippen molar-refractivity contribution >= 4 is 18.1 Å². The van der Waals surface area contributed by atoms with Crippen molar-refractivity contribution in [2.45, 2.75) is 45.6 Å². The van der Waals surface area contributed by atoms with Gasteiger partial charge in [0, 0.05) is 19.2 Å². The van der Waals surface area contributed by atoms with Crippen LogP contribution in [0.25, 0.3) is 6.08 Å². The average Bonchev–Trinajstić information content (AvgIpc) is 2.51. The molecule has 24 heavy (non-hydrogen) atoms. The molecule has 1 rings (SSSR count). The van der Waals surface area contributed by atoms with Crippen molar-refractivity contribution < 1.29 is 14.3 Å². The van der Waals surface area contributed by atoms with Gasteiger partial charge in [0.2, 0.25) is 5.91 Å². The Morgan fingerprint density at radius 3 is 2.25 bits per heavy atom. The standard InChI is InChI=1S/C19H28N2O3/c1-19(2,3)24-18(23)21-15-9-5-8-14-20-17(22)13-12-16-10-6-4-7-11-16/h4,6-7,10-13H,5,8-9,14-15H2,1-3H3,(H,20,22)(H,21,23). The summed E-state index contributed by atoms with van der Waals surface area (Å²) in [5, 5.41) is 5.56. The van der Waals surface area contributed by atoms with Gasteiger partial charge in [-0.3, -0.25) is 4.79 Å². The van der Waals surface area contributed by atoms with Gasteiger partial charge in [-0.1, -0.05) is 30.3 Å². The normalized spacial score (nSPS) is 11.3. The summed E-state index contributed by atoms with van der Waals surface area (Å²) in [5.41, 5.74) is 0.530. The molecule has 2 N–H and O–H groups in total. The van der Waals surface area contributed by atoms with Gasteiger partial charge in [0.1, 0.15) is 5.60 Å². The summed E-state index contributed by atoms with van der Waals surface area (Å²) in [6.45, 7) is 6.71. The van der Waals surface area contributed by atoms with Crippen LogP contribution in [0.5, 0.6) is 0 Å². The molecule has 0 aliphatic rings. The molecule has 0 heterocycles. The van der Waals surface area contributed by atoms with E-state index in [2.05, 4.69) is 10.6 Å². The predicted octanol–water partition coefficient (Wildman–Crippen LogP) is 3.51. The van der Waals surface area contributed by atoms with Crippen LogP contribution in [-0.4, -0.2) is 30.7 Å². The maximum Gasteiger partial charge on any atom is 0.407 e. The van der Waals surface area contributed by atoms with Gasteiger partial charge in [0.25, 0.3) is 0 Å². The number of alkyl carbamates (subject to hydrolysis) is 1. The number of hydrogen-bond acceptors (Lipinski definition) is 3. The van der Waals surface area contributed by atoms with E-state index in [4.69, 9.17) is 4.74 Å². The number of amides is 2. The lowest BCUT2D eigenvalue weighted by Gasteiger charge is -2.19. The van der Waals surface area contributed by atoms with E-state index in [1.807, 2.05) is 51.1 Å². The molecule has 5 nitrogen and oxygen atoms in total. The van der Waals surface area contributed by atoms with E-state index >= 15 is 0 Å². The fraction of sp³-hybridized carbons (Fsp3) is 0.474. The second kappa shape index (κ2) is 10.5. The number of nitrogens with one attached hydrogen (secondary N) is 2. The monoisotopic (exact) mass is 332 g/mol. The molecule has 0 aliphatic heterocycles. The van der Waals surface area contributed by atoms with Crippen LogP contribution in [0.4, 0.5) is 4.79 Å². The number of hydrogen-bond donors (Lipinski definition) is 2. The molecule has 0 atom stereocenters. The number of carbonyl (C=O) groups is 2. The van der Waals surface area contributed by atoms with Gasteiger partial charge in [0.15, 0.2) is 0 Å². The Kier molecular flexibility index (Phi) is 8.61. The molecule has 0 bridgehead atoms. The van der Waals surface area contributed by atoms with Crippen LogP contribution in [-0.2, 0) is 9.53 Å². The van der Waals surface area contributed by atoms with E-state index in [-0.39, 0.29) is 12.0 Å². The number of benzene rings is 1. The number of rotatable bonds is 8. The van der Waals surface area contributed by atoms with Gasteiger partial charge < -0.3 is 15.4 Å². The fourth-order valence-corrected chi connectivity index (χ4v) is 1.94. The Labute approximate surface area is 144 Å². The van der Waals surface area contributed by atoms with E-state index in [1.165, 1.54) is 0 Å². The SMILES string of the molecule is CC(C)(C)OC(=O)NCCCCCNC(=O)C=Cc1ccccc1. The van der Waals surface area contributed by atoms with Crippen LogP contribution in [0.1, 0.15) is 45.6 Å². The highest BCUT2D eigenvalue weighted by atomic mass is 16.6. The van der Waals surface area contributed by atoms with Crippen LogP contribution in [0.2, 0.25) is 0 Å². The van der Waals surface area contributed by atoms with E-state index in [9.17, 15) is 9.59 Å². The van der Waals surface area contributed by atoms with Crippen molar-refractivity contribution in [1.82, 2.24) is 10.6 Å². The van der Waals surface area contributed by atoms with Crippen LogP contribution < -0.4 is 10.6 Å². The quantitative estimate of drug-likeness (QED) is 0.565. The molecule has 0 unspecified atom stereocenters. The third-order valence-electron chi connectivity index (χ3n) is 3.05. The van der Waals surface area contributed by atoms with E-state index in [1.54, 1.807) is 12.2 Å². The first-order valence-corrected chi connectivity index (χ1v) is 8.34. The van der Waals surface area contributed by atoms with Crippen LogP contribution in [0, 0.1) is 0 Å². The lowest BCUT2D eigenvalue weighted by atomic mass is 10.2. The molecule has 0 saturated heterocycles. The summed E-state index contributed by atoms with van der Waals surface area (Å²) in [6.07, 6.45) is 5.61. The van der Waals surface area contributed by atoms with Crippen molar-refractivity contribution in [2.24, 2.45) is 0 Å². The molecule has 132 valence electrons. The largest absolute Gasteiger partial charge is 0.444 e. The molecule has 1 aromatic rings. The smallest absolute Gasteiger partial charge is 0.407 e. The predicted molar refractivity (Wildman–Crippen MR) is 96.6 cm³/mol. The second-order valence-corrected chi connectivity index (χ2v) is 6.52. The van der Waals surface area contributed by atoms with Crippen LogP contribution in [0.3, 0.4) is 0 Å². The number of carbonyl (C=O) groups excluding carboxylic acids is 2. The van der Waals surface area contributed by atoms with Crippen LogP contribution in [0.15, 0.2) is 36.4 Å². The van der Waals surface area contributed by atoms with Gasteiger partial charge in [-0.05, 0) is 51.7 Å². The zero-order valence-electron chi connectivity index (χ0n) is 14.8. The van der Waals surface area contributed by atoms with Crippen molar-refractivity contribution in [2.75, 3.05) is 13.1 Å². The summed E-state index contributed by atoms with van der Waals surface area (Å²) in [7, 11) is 0. The highest BCUT2D eigenvalue weighted by Gasteiger charge is 2.15. The Morgan fingerprint density at radius 1 is 1.00 bits per heavy atom. The van der Waals surface area contributed by atoms with Crippen LogP contribution >= 0.6 is 0 Å². The minimum absolute atomic E-state index is 0.0919. The third-order valence-corrected chi connectivity index (χ3v) is 3.05. The molecule has 0 fully saturated rings. The zero-order valence-corrected chi connectivity index (χ0v) is 14.8. The Balaban J connectivity index is 2.03. The second-order valence-electron chi connectivity index (χ2n) is 6.52. The molecule has 0 aliphatic carbocycles. The Morgan fingerprint density at radius 2 is 1.62 bits per heavy atom. The third kappa shape index (κ3) is 10.4. The number of unbranched alkanes of at least 4 members (excludes halogenated alkanes) is 2. The lowest BCUT2D eigenvalue weighted by Crippen LogP contribution is -2.33. The maximum atomic E-state index is 11.7. The number of ether oxygens (including phenoxy) is 1. The van der Waals surface area contributed by atoms with Crippen molar-refractivity contribution in [3.05, 3.63) is 42.0 Å². The van der Waals surface area contributed by atoms with Crippen molar-refractivity contribution in [3.8, 4) is 0 Å². The molecular weight excluding hydrogens is 304 g/mol. The van der Waals surface area contributed by atoms with E-state index in [0.29, 0.717) is 13.1 Å². The lowest BCUT2D eigenvalue weighted by molar-refractivity contribution is -0.116. The minimum atomic E-state index is -0.471. The molecule has 0 radical (unpaired) electrons. The Hall–Kier alpha value is -2.30. The topological polar surface area (TPSA) is 67.4 Å². The summed E-state index contributed by atoms with van der Waals surface area (Å²) in [5.74, 6) is -0.0919. The van der Waals surface area contributed by atoms with E-state index < -0.39 is 5.60 Å². The zero-order chi connectivity index (χ0) is 17.8. The molecule has 2 amide bonds. The first kappa shape index (κ1) is 19.7. The Bertz CT molecular complexity index is 533. The maximum absolute atomic E-state index is 11.7. The fourth-order valence-electron chi connectivity index (χ4n) is 1.94. The highest BCUT2D eigenvalue weighted by molar-refractivity contribution is 5.91. The summed E-state index contributed by atoms with van der Waals surface area (Å²) in [6, 6.07) is 9.70. The van der Waals surface area contributed by atoms with Gasteiger partial charge >= 0.3 is 6.09 Å². The molecular formula is C19H28N2O3. The summed E-state index contributed by atoms with van der Waals surface area (Å²) in [4.78, 5) is 23.1. The van der Waals surface area contributed by atoms with Gasteiger partial charge in [-0.15, -0.1) is 0 Å². The van der Waals surface area contributed by atoms with Gasteiger partial charge in [-0.25, -0.2) is 4.79 Å². The van der Waals surface area contributed by atoms with Gasteiger partial charge in [-0.2, -0.15) is 0 Å². The molecule has 0 aromatic heterocycles. The average molecular weight is 332 g/mol. The molecule has 0 spiro atoms. The first-order valence-electron chi connectivity index (χ1n) is 8.34. The summed E-state index contributed by atoms with van der Waals surface area (Å²) >= 11 is 0. The summed E-state index contributed by atoms with van der Waals surface area (Å²) < 4.78 is 5.15. The molecule has 1 aromatic carbocycles. The molecule has 5 heteroatoms.